The van der Waals surface area contributed by atoms with E-state index in [1.165, 1.54) is 11.8 Å². The molecule has 0 bridgehead atoms. The number of nitrogens with zero attached hydrogens (tertiary/aromatic N) is 2. The molecule has 0 aliphatic carbocycles. The molecule has 2 aromatic carbocycles. The Balaban J connectivity index is 1.56. The number of para-hydroxylation sites is 1. The average molecular weight is 385 g/mol. The fraction of sp³-hybridized carbons (Fsp3) is 0.333. The summed E-state index contributed by atoms with van der Waals surface area (Å²) in [4.78, 5) is 30.0. The summed E-state index contributed by atoms with van der Waals surface area (Å²) < 4.78 is 5.45. The topological polar surface area (TPSA) is 49.9 Å². The number of hydrogen-bond acceptors (Lipinski definition) is 5. The van der Waals surface area contributed by atoms with Crippen molar-refractivity contribution in [1.29, 1.82) is 0 Å². The second-order valence-electron chi connectivity index (χ2n) is 6.40. The Kier molecular flexibility index (Phi) is 6.40. The summed E-state index contributed by atoms with van der Waals surface area (Å²) in [6, 6.07) is 17.4. The molecule has 1 saturated heterocycles. The van der Waals surface area contributed by atoms with Gasteiger partial charge in [-0.1, -0.05) is 30.3 Å². The first-order valence-electron chi connectivity index (χ1n) is 9.03. The maximum Gasteiger partial charge on any atom is 0.340 e. The highest BCUT2D eigenvalue weighted by atomic mass is 32.2. The van der Waals surface area contributed by atoms with E-state index in [1.54, 1.807) is 24.0 Å². The number of ether oxygens (including phenoxy) is 1. The lowest BCUT2D eigenvalue weighted by molar-refractivity contribution is -0.140. The minimum absolute atomic E-state index is 0.141. The fourth-order valence-corrected chi connectivity index (χ4v) is 3.75. The molecule has 2 aromatic rings. The van der Waals surface area contributed by atoms with Crippen LogP contribution in [0.25, 0.3) is 0 Å². The Morgan fingerprint density at radius 1 is 0.963 bits per heavy atom. The van der Waals surface area contributed by atoms with Crippen molar-refractivity contribution in [3.05, 3.63) is 60.2 Å². The van der Waals surface area contributed by atoms with Gasteiger partial charge in [0.05, 0.1) is 5.56 Å². The number of amides is 1. The molecule has 142 valence electrons. The smallest absolute Gasteiger partial charge is 0.340 e. The lowest BCUT2D eigenvalue weighted by Gasteiger charge is -2.37. The number of hydrogen-bond donors (Lipinski definition) is 0. The third-order valence-corrected chi connectivity index (χ3v) is 5.47. The van der Waals surface area contributed by atoms with Crippen LogP contribution in [-0.4, -0.2) is 55.3 Å². The number of rotatable bonds is 5. The minimum atomic E-state index is -0.796. The molecule has 0 spiro atoms. The molecular weight excluding hydrogens is 360 g/mol. The number of carbonyl (C=O) groups is 2. The molecule has 0 aromatic heterocycles. The van der Waals surface area contributed by atoms with Crippen LogP contribution in [0.1, 0.15) is 17.3 Å². The molecule has 5 nitrogen and oxygen atoms in total. The van der Waals surface area contributed by atoms with Gasteiger partial charge in [-0.3, -0.25) is 4.79 Å². The van der Waals surface area contributed by atoms with Crippen LogP contribution in [0.15, 0.2) is 59.5 Å². The zero-order valence-electron chi connectivity index (χ0n) is 15.6. The van der Waals surface area contributed by atoms with Crippen molar-refractivity contribution in [2.24, 2.45) is 0 Å². The average Bonchev–Trinajstić information content (AvgIpc) is 2.73. The summed E-state index contributed by atoms with van der Waals surface area (Å²) in [5.41, 5.74) is 1.66. The Morgan fingerprint density at radius 3 is 2.26 bits per heavy atom. The molecule has 0 saturated carbocycles. The minimum Gasteiger partial charge on any atom is -0.449 e. The van der Waals surface area contributed by atoms with Crippen LogP contribution >= 0.6 is 11.8 Å². The van der Waals surface area contributed by atoms with E-state index in [9.17, 15) is 9.59 Å². The molecule has 27 heavy (non-hydrogen) atoms. The molecule has 1 atom stereocenters. The van der Waals surface area contributed by atoms with Crippen molar-refractivity contribution in [1.82, 2.24) is 4.90 Å². The first kappa shape index (κ1) is 19.3. The summed E-state index contributed by atoms with van der Waals surface area (Å²) in [5.74, 6) is -0.596. The number of esters is 1. The van der Waals surface area contributed by atoms with Crippen molar-refractivity contribution < 1.29 is 14.3 Å². The van der Waals surface area contributed by atoms with E-state index in [4.69, 9.17) is 4.74 Å². The SMILES string of the molecule is CSc1ccccc1C(=O)O[C@H](C)C(=O)N1CCN(c2ccccc2)CC1. The lowest BCUT2D eigenvalue weighted by Crippen LogP contribution is -2.51. The van der Waals surface area contributed by atoms with E-state index in [0.29, 0.717) is 18.7 Å². The van der Waals surface area contributed by atoms with Gasteiger partial charge < -0.3 is 14.5 Å². The van der Waals surface area contributed by atoms with Crippen LogP contribution in [0.3, 0.4) is 0 Å². The Hall–Kier alpha value is -2.47. The molecule has 1 aliphatic heterocycles. The summed E-state index contributed by atoms with van der Waals surface area (Å²) in [5, 5.41) is 0. The summed E-state index contributed by atoms with van der Waals surface area (Å²) in [6.45, 7) is 4.43. The second-order valence-corrected chi connectivity index (χ2v) is 7.24. The molecule has 1 heterocycles. The van der Waals surface area contributed by atoms with Crippen LogP contribution in [0.2, 0.25) is 0 Å². The number of piperazine rings is 1. The zero-order valence-corrected chi connectivity index (χ0v) is 16.4. The van der Waals surface area contributed by atoms with Gasteiger partial charge in [0.15, 0.2) is 6.10 Å². The summed E-state index contributed by atoms with van der Waals surface area (Å²) in [7, 11) is 0. The molecule has 0 N–H and O–H groups in total. The molecule has 0 unspecified atom stereocenters. The highest BCUT2D eigenvalue weighted by molar-refractivity contribution is 7.98. The first-order valence-corrected chi connectivity index (χ1v) is 10.3. The van der Waals surface area contributed by atoms with Gasteiger partial charge in [0, 0.05) is 36.8 Å². The van der Waals surface area contributed by atoms with Gasteiger partial charge in [-0.15, -0.1) is 11.8 Å². The van der Waals surface area contributed by atoms with E-state index in [0.717, 1.165) is 23.7 Å². The van der Waals surface area contributed by atoms with Crippen molar-refractivity contribution >= 4 is 29.3 Å². The van der Waals surface area contributed by atoms with E-state index in [-0.39, 0.29) is 5.91 Å². The van der Waals surface area contributed by atoms with Crippen LogP contribution in [0, 0.1) is 0 Å². The Labute approximate surface area is 164 Å². The number of carbonyl (C=O) groups excluding carboxylic acids is 2. The quantitative estimate of drug-likeness (QED) is 0.585. The van der Waals surface area contributed by atoms with Crippen molar-refractivity contribution in [2.45, 2.75) is 17.9 Å². The van der Waals surface area contributed by atoms with Gasteiger partial charge in [0.2, 0.25) is 0 Å². The molecule has 1 fully saturated rings. The normalized spacial score (nSPS) is 15.3. The molecule has 1 amide bonds. The Morgan fingerprint density at radius 2 is 1.59 bits per heavy atom. The van der Waals surface area contributed by atoms with Crippen LogP contribution in [0.4, 0.5) is 5.69 Å². The van der Waals surface area contributed by atoms with Crippen molar-refractivity contribution in [3.63, 3.8) is 0 Å². The van der Waals surface area contributed by atoms with Crippen molar-refractivity contribution in [2.75, 3.05) is 37.3 Å². The zero-order chi connectivity index (χ0) is 19.2. The molecule has 0 radical (unpaired) electrons. The van der Waals surface area contributed by atoms with E-state index in [2.05, 4.69) is 17.0 Å². The van der Waals surface area contributed by atoms with Gasteiger partial charge in [-0.05, 0) is 37.4 Å². The van der Waals surface area contributed by atoms with Gasteiger partial charge in [-0.2, -0.15) is 0 Å². The van der Waals surface area contributed by atoms with Crippen LogP contribution in [0.5, 0.6) is 0 Å². The van der Waals surface area contributed by atoms with Crippen LogP contribution in [-0.2, 0) is 9.53 Å². The maximum atomic E-state index is 12.7. The van der Waals surface area contributed by atoms with E-state index < -0.39 is 12.1 Å². The van der Waals surface area contributed by atoms with Crippen molar-refractivity contribution in [3.8, 4) is 0 Å². The lowest BCUT2D eigenvalue weighted by atomic mass is 10.2. The van der Waals surface area contributed by atoms with E-state index >= 15 is 0 Å². The standard InChI is InChI=1S/C21H24N2O3S/c1-16(26-21(25)18-10-6-7-11-19(18)27-2)20(24)23-14-12-22(13-15-23)17-8-4-3-5-9-17/h3-11,16H,12-15H2,1-2H3/t16-/m1/s1. The summed E-state index contributed by atoms with van der Waals surface area (Å²) >= 11 is 1.48. The van der Waals surface area contributed by atoms with E-state index in [1.807, 2.05) is 36.6 Å². The molecular formula is C21H24N2O3S. The Bertz CT molecular complexity index is 789. The van der Waals surface area contributed by atoms with Crippen LogP contribution < -0.4 is 4.90 Å². The largest absolute Gasteiger partial charge is 0.449 e. The van der Waals surface area contributed by atoms with Gasteiger partial charge in [0.25, 0.3) is 5.91 Å². The number of thioether (sulfide) groups is 1. The number of anilines is 1. The predicted molar refractivity (Wildman–Crippen MR) is 108 cm³/mol. The fourth-order valence-electron chi connectivity index (χ4n) is 3.17. The van der Waals surface area contributed by atoms with Gasteiger partial charge in [-0.25, -0.2) is 4.79 Å². The third kappa shape index (κ3) is 4.63. The molecule has 3 rings (SSSR count). The van der Waals surface area contributed by atoms with Gasteiger partial charge in [0.1, 0.15) is 0 Å². The monoisotopic (exact) mass is 384 g/mol. The highest BCUT2D eigenvalue weighted by Crippen LogP contribution is 2.21. The molecule has 6 heteroatoms. The maximum absolute atomic E-state index is 12.7. The highest BCUT2D eigenvalue weighted by Gasteiger charge is 2.28. The molecule has 1 aliphatic rings. The van der Waals surface area contributed by atoms with Gasteiger partial charge >= 0.3 is 5.97 Å². The number of benzene rings is 2. The second kappa shape index (κ2) is 8.95. The summed E-state index contributed by atoms with van der Waals surface area (Å²) in [6.07, 6.45) is 1.11. The predicted octanol–water partition coefficient (Wildman–Crippen LogP) is 3.30. The first-order chi connectivity index (χ1) is 13.1. The third-order valence-electron chi connectivity index (χ3n) is 4.67.